The van der Waals surface area contributed by atoms with Gasteiger partial charge >= 0.3 is 5.97 Å². The summed E-state index contributed by atoms with van der Waals surface area (Å²) in [6.07, 6.45) is 0. The number of carbonyl (C=O) groups excluding carboxylic acids is 2. The van der Waals surface area contributed by atoms with Crippen LogP contribution in [0, 0.1) is 6.92 Å². The van der Waals surface area contributed by atoms with Gasteiger partial charge in [-0.05, 0) is 71.1 Å². The summed E-state index contributed by atoms with van der Waals surface area (Å²) in [6.45, 7) is 1.90. The normalized spacial score (nSPS) is 10.5. The average Bonchev–Trinajstić information content (AvgIpc) is 2.95. The van der Waals surface area contributed by atoms with Gasteiger partial charge in [0.15, 0.2) is 5.75 Å². The Kier molecular flexibility index (Phi) is 6.91. The lowest BCUT2D eigenvalue weighted by Crippen LogP contribution is -2.15. The highest BCUT2D eigenvalue weighted by atomic mass is 16.5. The van der Waals surface area contributed by atoms with Crippen LogP contribution in [0.4, 0.5) is 5.69 Å². The van der Waals surface area contributed by atoms with Gasteiger partial charge in [-0.1, -0.05) is 91.0 Å². The Morgan fingerprint density at radius 3 is 1.59 bits per heavy atom. The van der Waals surface area contributed by atoms with Crippen molar-refractivity contribution in [3.05, 3.63) is 144 Å². The van der Waals surface area contributed by atoms with E-state index in [0.717, 1.165) is 27.8 Å². The second kappa shape index (κ2) is 10.8. The number of rotatable bonds is 6. The number of aryl methyl sites for hydroxylation is 1. The molecule has 0 aliphatic rings. The molecule has 5 aromatic rings. The molecular weight excluding hydrogens is 458 g/mol. The maximum Gasteiger partial charge on any atom is 0.343 e. The molecule has 0 aliphatic heterocycles. The van der Waals surface area contributed by atoms with Gasteiger partial charge in [-0.25, -0.2) is 4.79 Å². The molecule has 0 aliphatic carbocycles. The van der Waals surface area contributed by atoms with Gasteiger partial charge < -0.3 is 10.1 Å². The third-order valence-corrected chi connectivity index (χ3v) is 6.07. The molecule has 0 bridgehead atoms. The van der Waals surface area contributed by atoms with Crippen LogP contribution in [0.1, 0.15) is 26.3 Å². The van der Waals surface area contributed by atoms with E-state index in [2.05, 4.69) is 5.32 Å². The lowest BCUT2D eigenvalue weighted by Gasteiger charge is -2.13. The van der Waals surface area contributed by atoms with Crippen LogP contribution in [0.3, 0.4) is 0 Å². The molecule has 0 atom stereocenters. The van der Waals surface area contributed by atoms with Crippen molar-refractivity contribution in [1.82, 2.24) is 0 Å². The summed E-state index contributed by atoms with van der Waals surface area (Å²) in [5.74, 6) is -0.479. The predicted molar refractivity (Wildman–Crippen MR) is 148 cm³/mol. The molecule has 5 rings (SSSR count). The molecule has 1 amide bonds. The minimum absolute atomic E-state index is 0.284. The molecule has 0 spiro atoms. The van der Waals surface area contributed by atoms with Gasteiger partial charge in [0.1, 0.15) is 0 Å². The second-order valence-electron chi connectivity index (χ2n) is 8.73. The van der Waals surface area contributed by atoms with Crippen molar-refractivity contribution in [2.75, 3.05) is 5.32 Å². The zero-order chi connectivity index (χ0) is 25.6. The maximum atomic E-state index is 13.0. The minimum atomic E-state index is -0.493. The highest BCUT2D eigenvalue weighted by Crippen LogP contribution is 2.28. The Morgan fingerprint density at radius 2 is 1.05 bits per heavy atom. The van der Waals surface area contributed by atoms with Crippen molar-refractivity contribution in [2.45, 2.75) is 6.92 Å². The summed E-state index contributed by atoms with van der Waals surface area (Å²) >= 11 is 0. The molecule has 180 valence electrons. The first kappa shape index (κ1) is 23.8. The third-order valence-electron chi connectivity index (χ3n) is 6.07. The van der Waals surface area contributed by atoms with Gasteiger partial charge in [0, 0.05) is 5.56 Å². The average molecular weight is 484 g/mol. The highest BCUT2D eigenvalue weighted by molar-refractivity contribution is 6.05. The summed E-state index contributed by atoms with van der Waals surface area (Å²) in [5.41, 5.74) is 6.47. The molecular formula is C33H25NO3. The van der Waals surface area contributed by atoms with Gasteiger partial charge in [-0.2, -0.15) is 0 Å². The van der Waals surface area contributed by atoms with Crippen LogP contribution in [-0.4, -0.2) is 11.9 Å². The first-order chi connectivity index (χ1) is 18.1. The van der Waals surface area contributed by atoms with Crippen molar-refractivity contribution < 1.29 is 14.3 Å². The third kappa shape index (κ3) is 5.65. The van der Waals surface area contributed by atoms with Crippen molar-refractivity contribution in [3.63, 3.8) is 0 Å². The fourth-order valence-corrected chi connectivity index (χ4v) is 4.04. The molecule has 0 saturated heterocycles. The van der Waals surface area contributed by atoms with Gasteiger partial charge in [0.2, 0.25) is 0 Å². The largest absolute Gasteiger partial charge is 0.421 e. The number of esters is 1. The second-order valence-corrected chi connectivity index (χ2v) is 8.73. The van der Waals surface area contributed by atoms with Crippen LogP contribution in [0.5, 0.6) is 5.75 Å². The number of hydrogen-bond acceptors (Lipinski definition) is 3. The molecule has 0 radical (unpaired) electrons. The molecule has 37 heavy (non-hydrogen) atoms. The van der Waals surface area contributed by atoms with Crippen molar-refractivity contribution in [3.8, 4) is 28.0 Å². The quantitative estimate of drug-likeness (QED) is 0.198. The minimum Gasteiger partial charge on any atom is -0.421 e. The Labute approximate surface area is 216 Å². The number of nitrogens with one attached hydrogen (secondary N) is 1. The number of anilines is 1. The molecule has 0 unspecified atom stereocenters. The van der Waals surface area contributed by atoms with E-state index in [9.17, 15) is 9.59 Å². The first-order valence-corrected chi connectivity index (χ1v) is 12.0. The molecule has 4 nitrogen and oxygen atoms in total. The van der Waals surface area contributed by atoms with E-state index in [1.54, 1.807) is 36.4 Å². The Bertz CT molecular complexity index is 1530. The van der Waals surface area contributed by atoms with Crippen LogP contribution in [0.25, 0.3) is 22.3 Å². The standard InChI is InChI=1S/C33H25NO3/c1-23-12-21-30(34-32(35)28-17-13-26(14-18-28)24-8-4-2-5-9-24)31(22-23)37-33(36)29-19-15-27(16-20-29)25-10-6-3-7-11-25/h2-22H,1H3,(H,34,35). The summed E-state index contributed by atoms with van der Waals surface area (Å²) < 4.78 is 5.72. The number of ether oxygens (including phenoxy) is 1. The van der Waals surface area contributed by atoms with Crippen LogP contribution in [0.15, 0.2) is 127 Å². The highest BCUT2D eigenvalue weighted by Gasteiger charge is 2.15. The van der Waals surface area contributed by atoms with Crippen LogP contribution < -0.4 is 10.1 Å². The van der Waals surface area contributed by atoms with Crippen LogP contribution >= 0.6 is 0 Å². The fourth-order valence-electron chi connectivity index (χ4n) is 4.04. The van der Waals surface area contributed by atoms with Crippen LogP contribution in [0.2, 0.25) is 0 Å². The first-order valence-electron chi connectivity index (χ1n) is 12.0. The molecule has 0 heterocycles. The predicted octanol–water partition coefficient (Wildman–Crippen LogP) is 7.80. The number of hydrogen-bond donors (Lipinski definition) is 1. The van der Waals surface area contributed by atoms with Crippen molar-refractivity contribution in [2.24, 2.45) is 0 Å². The molecule has 4 heteroatoms. The van der Waals surface area contributed by atoms with Crippen molar-refractivity contribution >= 4 is 17.6 Å². The van der Waals surface area contributed by atoms with E-state index in [-0.39, 0.29) is 5.91 Å². The fraction of sp³-hybridized carbons (Fsp3) is 0.0303. The Balaban J connectivity index is 1.31. The summed E-state index contributed by atoms with van der Waals surface area (Å²) in [6, 6.07) is 39.9. The lowest BCUT2D eigenvalue weighted by molar-refractivity contribution is 0.0734. The van der Waals surface area contributed by atoms with Gasteiger partial charge in [0.25, 0.3) is 5.91 Å². The van der Waals surface area contributed by atoms with E-state index in [4.69, 9.17) is 4.74 Å². The van der Waals surface area contributed by atoms with Crippen molar-refractivity contribution in [1.29, 1.82) is 0 Å². The number of amides is 1. The van der Waals surface area contributed by atoms with E-state index in [0.29, 0.717) is 22.6 Å². The smallest absolute Gasteiger partial charge is 0.343 e. The monoisotopic (exact) mass is 483 g/mol. The zero-order valence-electron chi connectivity index (χ0n) is 20.3. The van der Waals surface area contributed by atoms with E-state index < -0.39 is 5.97 Å². The SMILES string of the molecule is Cc1ccc(NC(=O)c2ccc(-c3ccccc3)cc2)c(OC(=O)c2ccc(-c3ccccc3)cc2)c1. The van der Waals surface area contributed by atoms with E-state index in [1.807, 2.05) is 97.9 Å². The number of benzene rings is 5. The molecule has 0 saturated carbocycles. The molecule has 0 aromatic heterocycles. The molecule has 1 N–H and O–H groups in total. The van der Waals surface area contributed by atoms with E-state index in [1.165, 1.54) is 0 Å². The summed E-state index contributed by atoms with van der Waals surface area (Å²) in [5, 5.41) is 2.88. The number of carbonyl (C=O) groups is 2. The lowest BCUT2D eigenvalue weighted by atomic mass is 10.0. The van der Waals surface area contributed by atoms with Gasteiger partial charge in [-0.3, -0.25) is 4.79 Å². The Morgan fingerprint density at radius 1 is 0.568 bits per heavy atom. The topological polar surface area (TPSA) is 55.4 Å². The molecule has 0 fully saturated rings. The van der Waals surface area contributed by atoms with Gasteiger partial charge in [-0.15, -0.1) is 0 Å². The Hall–Kier alpha value is -4.96. The molecule has 5 aromatic carbocycles. The maximum absolute atomic E-state index is 13.0. The van der Waals surface area contributed by atoms with Crippen LogP contribution in [-0.2, 0) is 0 Å². The summed E-state index contributed by atoms with van der Waals surface area (Å²) in [7, 11) is 0. The van der Waals surface area contributed by atoms with Gasteiger partial charge in [0.05, 0.1) is 11.3 Å². The summed E-state index contributed by atoms with van der Waals surface area (Å²) in [4.78, 5) is 25.9. The zero-order valence-corrected chi connectivity index (χ0v) is 20.3. The van der Waals surface area contributed by atoms with E-state index >= 15 is 0 Å².